The van der Waals surface area contributed by atoms with Crippen LogP contribution in [0.3, 0.4) is 0 Å². The van der Waals surface area contributed by atoms with Crippen molar-refractivity contribution in [3.63, 3.8) is 0 Å². The SMILES string of the molecule is CCc1nocc1Cl. The fourth-order valence-corrected chi connectivity index (χ4v) is 0.689. The number of aryl methyl sites for hydroxylation is 1. The minimum atomic E-state index is 0.618. The van der Waals surface area contributed by atoms with E-state index in [1.54, 1.807) is 0 Å². The molecule has 2 nitrogen and oxygen atoms in total. The zero-order chi connectivity index (χ0) is 5.98. The van der Waals surface area contributed by atoms with Gasteiger partial charge in [0.15, 0.2) is 0 Å². The molecule has 44 valence electrons. The summed E-state index contributed by atoms with van der Waals surface area (Å²) in [7, 11) is 0. The van der Waals surface area contributed by atoms with Crippen molar-refractivity contribution >= 4 is 11.6 Å². The molecule has 0 aromatic carbocycles. The van der Waals surface area contributed by atoms with Crippen LogP contribution in [0.25, 0.3) is 0 Å². The second-order valence-corrected chi connectivity index (χ2v) is 1.87. The molecule has 0 bridgehead atoms. The molecule has 1 aromatic rings. The quantitative estimate of drug-likeness (QED) is 0.582. The van der Waals surface area contributed by atoms with Gasteiger partial charge in [-0.05, 0) is 6.42 Å². The van der Waals surface area contributed by atoms with Crippen molar-refractivity contribution in [2.24, 2.45) is 0 Å². The Bertz CT molecular complexity index is 173. The Morgan fingerprint density at radius 2 is 2.62 bits per heavy atom. The lowest BCUT2D eigenvalue weighted by atomic mass is 10.3. The summed E-state index contributed by atoms with van der Waals surface area (Å²) in [6, 6.07) is 0. The standard InChI is InChI=1S/C5H6ClNO/c1-2-5-4(6)3-8-7-5/h3H,2H2,1H3. The first-order valence-corrected chi connectivity index (χ1v) is 2.81. The van der Waals surface area contributed by atoms with E-state index in [0.717, 1.165) is 12.1 Å². The van der Waals surface area contributed by atoms with Crippen LogP contribution < -0.4 is 0 Å². The largest absolute Gasteiger partial charge is 0.363 e. The van der Waals surface area contributed by atoms with Crippen LogP contribution in [-0.2, 0) is 6.42 Å². The van der Waals surface area contributed by atoms with Gasteiger partial charge >= 0.3 is 0 Å². The van der Waals surface area contributed by atoms with Crippen molar-refractivity contribution < 1.29 is 4.52 Å². The van der Waals surface area contributed by atoms with Gasteiger partial charge in [-0.25, -0.2) is 0 Å². The number of aromatic nitrogens is 1. The van der Waals surface area contributed by atoms with Gasteiger partial charge in [-0.15, -0.1) is 0 Å². The Kier molecular flexibility index (Phi) is 1.53. The molecule has 1 aromatic heterocycles. The molecule has 0 aliphatic rings. The second-order valence-electron chi connectivity index (χ2n) is 1.46. The molecule has 0 saturated heterocycles. The maximum absolute atomic E-state index is 5.58. The molecule has 0 saturated carbocycles. The molecule has 0 unspecified atom stereocenters. The van der Waals surface area contributed by atoms with Gasteiger partial charge < -0.3 is 4.52 Å². The van der Waals surface area contributed by atoms with Gasteiger partial charge in [0.05, 0.1) is 0 Å². The summed E-state index contributed by atoms with van der Waals surface area (Å²) >= 11 is 5.58. The van der Waals surface area contributed by atoms with Crippen molar-refractivity contribution in [1.82, 2.24) is 5.16 Å². The molecular formula is C5H6ClNO. The first-order chi connectivity index (χ1) is 3.84. The molecule has 0 amide bonds. The number of nitrogens with zero attached hydrogens (tertiary/aromatic N) is 1. The molecule has 0 N–H and O–H groups in total. The molecule has 8 heavy (non-hydrogen) atoms. The fourth-order valence-electron chi connectivity index (χ4n) is 0.481. The normalized spacial score (nSPS) is 9.75. The summed E-state index contributed by atoms with van der Waals surface area (Å²) in [4.78, 5) is 0. The maximum atomic E-state index is 5.58. The molecular weight excluding hydrogens is 126 g/mol. The molecule has 1 rings (SSSR count). The van der Waals surface area contributed by atoms with Gasteiger partial charge in [0.2, 0.25) is 0 Å². The van der Waals surface area contributed by atoms with E-state index < -0.39 is 0 Å². The molecule has 0 radical (unpaired) electrons. The Morgan fingerprint density at radius 1 is 1.88 bits per heavy atom. The summed E-state index contributed by atoms with van der Waals surface area (Å²) in [5.74, 6) is 0. The average Bonchev–Trinajstić information content (AvgIpc) is 2.14. The molecule has 1 heterocycles. The van der Waals surface area contributed by atoms with Crippen LogP contribution in [0.15, 0.2) is 10.8 Å². The molecule has 3 heteroatoms. The third kappa shape index (κ3) is 0.842. The first-order valence-electron chi connectivity index (χ1n) is 2.43. The monoisotopic (exact) mass is 131 g/mol. The van der Waals surface area contributed by atoms with E-state index >= 15 is 0 Å². The first kappa shape index (κ1) is 5.63. The number of hydrogen-bond donors (Lipinski definition) is 0. The van der Waals surface area contributed by atoms with E-state index in [1.165, 1.54) is 6.26 Å². The van der Waals surface area contributed by atoms with Crippen LogP contribution >= 0.6 is 11.6 Å². The highest BCUT2D eigenvalue weighted by molar-refractivity contribution is 6.31. The lowest BCUT2D eigenvalue weighted by Crippen LogP contribution is -1.76. The molecule has 0 atom stereocenters. The Morgan fingerprint density at radius 3 is 2.88 bits per heavy atom. The summed E-state index contributed by atoms with van der Waals surface area (Å²) in [5.41, 5.74) is 0.826. The Balaban J connectivity index is 2.92. The number of hydrogen-bond acceptors (Lipinski definition) is 2. The van der Waals surface area contributed by atoms with Crippen LogP contribution in [0.1, 0.15) is 12.6 Å². The van der Waals surface area contributed by atoms with E-state index in [1.807, 2.05) is 6.92 Å². The van der Waals surface area contributed by atoms with E-state index in [0.29, 0.717) is 5.02 Å². The van der Waals surface area contributed by atoms with Gasteiger partial charge in [0, 0.05) is 0 Å². The minimum absolute atomic E-state index is 0.618. The van der Waals surface area contributed by atoms with Crippen molar-refractivity contribution in [1.29, 1.82) is 0 Å². The number of halogens is 1. The zero-order valence-electron chi connectivity index (χ0n) is 4.52. The smallest absolute Gasteiger partial charge is 0.142 e. The van der Waals surface area contributed by atoms with E-state index in [9.17, 15) is 0 Å². The fraction of sp³-hybridized carbons (Fsp3) is 0.400. The van der Waals surface area contributed by atoms with E-state index in [4.69, 9.17) is 11.6 Å². The minimum Gasteiger partial charge on any atom is -0.363 e. The average molecular weight is 132 g/mol. The van der Waals surface area contributed by atoms with Crippen LogP contribution in [0.2, 0.25) is 5.02 Å². The van der Waals surface area contributed by atoms with E-state index in [2.05, 4.69) is 9.68 Å². The molecule has 0 aliphatic carbocycles. The van der Waals surface area contributed by atoms with Gasteiger partial charge in [0.1, 0.15) is 17.0 Å². The van der Waals surface area contributed by atoms with Gasteiger partial charge in [-0.2, -0.15) is 0 Å². The lowest BCUT2D eigenvalue weighted by molar-refractivity contribution is 0.412. The molecule has 0 aliphatic heterocycles. The zero-order valence-corrected chi connectivity index (χ0v) is 5.27. The topological polar surface area (TPSA) is 26.0 Å². The Hall–Kier alpha value is -0.500. The predicted octanol–water partition coefficient (Wildman–Crippen LogP) is 1.89. The predicted molar refractivity (Wildman–Crippen MR) is 30.9 cm³/mol. The summed E-state index contributed by atoms with van der Waals surface area (Å²) < 4.78 is 4.55. The number of rotatable bonds is 1. The van der Waals surface area contributed by atoms with Crippen molar-refractivity contribution in [3.8, 4) is 0 Å². The summed E-state index contributed by atoms with van der Waals surface area (Å²) in [6.07, 6.45) is 2.26. The van der Waals surface area contributed by atoms with E-state index in [-0.39, 0.29) is 0 Å². The van der Waals surface area contributed by atoms with Crippen molar-refractivity contribution in [2.45, 2.75) is 13.3 Å². The van der Waals surface area contributed by atoms with Gasteiger partial charge in [-0.1, -0.05) is 23.7 Å². The van der Waals surface area contributed by atoms with Crippen LogP contribution in [0, 0.1) is 0 Å². The maximum Gasteiger partial charge on any atom is 0.142 e. The second kappa shape index (κ2) is 2.18. The highest BCUT2D eigenvalue weighted by Gasteiger charge is 1.99. The van der Waals surface area contributed by atoms with Crippen molar-refractivity contribution in [2.75, 3.05) is 0 Å². The highest BCUT2D eigenvalue weighted by atomic mass is 35.5. The molecule has 0 spiro atoms. The highest BCUT2D eigenvalue weighted by Crippen LogP contribution is 2.12. The van der Waals surface area contributed by atoms with Crippen molar-refractivity contribution in [3.05, 3.63) is 17.0 Å². The van der Waals surface area contributed by atoms with Crippen LogP contribution in [0.4, 0.5) is 0 Å². The molecule has 0 fully saturated rings. The third-order valence-electron chi connectivity index (χ3n) is 0.930. The third-order valence-corrected chi connectivity index (χ3v) is 1.24. The van der Waals surface area contributed by atoms with Crippen LogP contribution in [-0.4, -0.2) is 5.16 Å². The summed E-state index contributed by atoms with van der Waals surface area (Å²) in [5, 5.41) is 4.25. The van der Waals surface area contributed by atoms with Crippen LogP contribution in [0.5, 0.6) is 0 Å². The lowest BCUT2D eigenvalue weighted by Gasteiger charge is -1.80. The summed E-state index contributed by atoms with van der Waals surface area (Å²) in [6.45, 7) is 1.98. The Labute approximate surface area is 52.4 Å². The van der Waals surface area contributed by atoms with Gasteiger partial charge in [-0.3, -0.25) is 0 Å². The van der Waals surface area contributed by atoms with Gasteiger partial charge in [0.25, 0.3) is 0 Å².